The first kappa shape index (κ1) is 15.7. The van der Waals surface area contributed by atoms with Gasteiger partial charge in [0.1, 0.15) is 12.4 Å². The van der Waals surface area contributed by atoms with Crippen LogP contribution in [0.5, 0.6) is 5.75 Å². The number of anilines is 1. The standard InChI is InChI=1S/C12H16N4O3S2/c1-2-7-14-21(17,18)10-5-3-9(4-6-10)19-8-11-15-16-12(13)20-11/h3-6,14H,2,7-8H2,1H3,(H2,13,16). The molecule has 1 aromatic carbocycles. The van der Waals surface area contributed by atoms with Gasteiger partial charge >= 0.3 is 0 Å². The summed E-state index contributed by atoms with van der Waals surface area (Å²) < 4.78 is 31.8. The minimum absolute atomic E-state index is 0.212. The molecule has 0 fully saturated rings. The summed E-state index contributed by atoms with van der Waals surface area (Å²) in [6.07, 6.45) is 0.741. The van der Waals surface area contributed by atoms with E-state index in [1.165, 1.54) is 23.5 Å². The summed E-state index contributed by atoms with van der Waals surface area (Å²) in [7, 11) is -3.45. The Balaban J connectivity index is 1.98. The van der Waals surface area contributed by atoms with E-state index in [9.17, 15) is 8.42 Å². The summed E-state index contributed by atoms with van der Waals surface area (Å²) in [5, 5.41) is 8.56. The van der Waals surface area contributed by atoms with Crippen molar-refractivity contribution < 1.29 is 13.2 Å². The minimum atomic E-state index is -3.45. The van der Waals surface area contributed by atoms with Gasteiger partial charge in [-0.05, 0) is 30.7 Å². The molecule has 7 nitrogen and oxygen atoms in total. The van der Waals surface area contributed by atoms with Gasteiger partial charge in [-0.15, -0.1) is 10.2 Å². The number of nitrogen functional groups attached to an aromatic ring is 1. The van der Waals surface area contributed by atoms with Crippen molar-refractivity contribution in [3.8, 4) is 5.75 Å². The maximum absolute atomic E-state index is 11.9. The summed E-state index contributed by atoms with van der Waals surface area (Å²) >= 11 is 1.25. The molecule has 1 heterocycles. The highest BCUT2D eigenvalue weighted by Gasteiger charge is 2.12. The second-order valence-electron chi connectivity index (χ2n) is 4.19. The number of nitrogens with one attached hydrogen (secondary N) is 1. The van der Waals surface area contributed by atoms with Crippen LogP contribution in [0.15, 0.2) is 29.2 Å². The number of nitrogens with two attached hydrogens (primary N) is 1. The van der Waals surface area contributed by atoms with Gasteiger partial charge in [-0.2, -0.15) is 0 Å². The van der Waals surface area contributed by atoms with Gasteiger partial charge in [-0.1, -0.05) is 18.3 Å². The highest BCUT2D eigenvalue weighted by molar-refractivity contribution is 7.89. The van der Waals surface area contributed by atoms with Gasteiger partial charge in [-0.3, -0.25) is 0 Å². The molecule has 21 heavy (non-hydrogen) atoms. The van der Waals surface area contributed by atoms with Crippen LogP contribution in [0.1, 0.15) is 18.4 Å². The monoisotopic (exact) mass is 328 g/mol. The van der Waals surface area contributed by atoms with Crippen LogP contribution >= 0.6 is 11.3 Å². The predicted molar refractivity (Wildman–Crippen MR) is 80.6 cm³/mol. The van der Waals surface area contributed by atoms with Gasteiger partial charge in [0, 0.05) is 6.54 Å². The highest BCUT2D eigenvalue weighted by Crippen LogP contribution is 2.18. The van der Waals surface area contributed by atoms with Crippen molar-refractivity contribution in [2.75, 3.05) is 12.3 Å². The van der Waals surface area contributed by atoms with Crippen LogP contribution in [-0.2, 0) is 16.6 Å². The molecule has 0 aliphatic carbocycles. The van der Waals surface area contributed by atoms with Crippen LogP contribution in [0.4, 0.5) is 5.13 Å². The summed E-state index contributed by atoms with van der Waals surface area (Å²) in [5.74, 6) is 0.554. The molecule has 0 bridgehead atoms. The molecule has 0 unspecified atom stereocenters. The van der Waals surface area contributed by atoms with Gasteiger partial charge in [0.2, 0.25) is 15.2 Å². The summed E-state index contributed by atoms with van der Waals surface area (Å²) in [6, 6.07) is 6.21. The fraction of sp³-hybridized carbons (Fsp3) is 0.333. The van der Waals surface area contributed by atoms with Crippen LogP contribution in [-0.4, -0.2) is 25.2 Å². The molecule has 2 aromatic rings. The van der Waals surface area contributed by atoms with Crippen molar-refractivity contribution in [2.24, 2.45) is 0 Å². The Bertz CT molecular complexity index is 683. The Morgan fingerprint density at radius 3 is 2.57 bits per heavy atom. The number of nitrogens with zero attached hydrogens (tertiary/aromatic N) is 2. The van der Waals surface area contributed by atoms with E-state index in [2.05, 4.69) is 14.9 Å². The van der Waals surface area contributed by atoms with Crippen LogP contribution < -0.4 is 15.2 Å². The maximum Gasteiger partial charge on any atom is 0.240 e. The van der Waals surface area contributed by atoms with Crippen molar-refractivity contribution in [1.82, 2.24) is 14.9 Å². The molecule has 0 atom stereocenters. The van der Waals surface area contributed by atoms with Crippen LogP contribution in [0.2, 0.25) is 0 Å². The molecule has 0 radical (unpaired) electrons. The normalized spacial score (nSPS) is 11.5. The molecule has 114 valence electrons. The Kier molecular flexibility index (Phi) is 5.10. The first-order valence-corrected chi connectivity index (χ1v) is 8.61. The number of hydrogen-bond donors (Lipinski definition) is 2. The Morgan fingerprint density at radius 1 is 1.29 bits per heavy atom. The number of benzene rings is 1. The van der Waals surface area contributed by atoms with Gasteiger partial charge in [-0.25, -0.2) is 13.1 Å². The lowest BCUT2D eigenvalue weighted by atomic mass is 10.3. The Hall–Kier alpha value is -1.71. The Morgan fingerprint density at radius 2 is 2.00 bits per heavy atom. The van der Waals surface area contributed by atoms with Crippen LogP contribution in [0.25, 0.3) is 0 Å². The molecule has 0 aliphatic heterocycles. The average molecular weight is 328 g/mol. The second kappa shape index (κ2) is 6.83. The van der Waals surface area contributed by atoms with Gasteiger partial charge in [0.15, 0.2) is 5.01 Å². The molecule has 1 aromatic heterocycles. The first-order chi connectivity index (χ1) is 10.0. The number of aromatic nitrogens is 2. The quantitative estimate of drug-likeness (QED) is 0.795. The molecule has 3 N–H and O–H groups in total. The molecular weight excluding hydrogens is 312 g/mol. The lowest BCUT2D eigenvalue weighted by Crippen LogP contribution is -2.24. The molecule has 0 aliphatic rings. The zero-order valence-electron chi connectivity index (χ0n) is 11.4. The third-order valence-electron chi connectivity index (χ3n) is 2.52. The van der Waals surface area contributed by atoms with Crippen LogP contribution in [0, 0.1) is 0 Å². The maximum atomic E-state index is 11.9. The third kappa shape index (κ3) is 4.38. The van der Waals surface area contributed by atoms with Crippen molar-refractivity contribution in [2.45, 2.75) is 24.8 Å². The SMILES string of the molecule is CCCNS(=O)(=O)c1ccc(OCc2nnc(N)s2)cc1. The largest absolute Gasteiger partial charge is 0.486 e. The van der Waals surface area contributed by atoms with E-state index in [0.717, 1.165) is 6.42 Å². The highest BCUT2D eigenvalue weighted by atomic mass is 32.2. The van der Waals surface area contributed by atoms with E-state index in [1.54, 1.807) is 12.1 Å². The van der Waals surface area contributed by atoms with Gasteiger partial charge in [0.25, 0.3) is 0 Å². The lowest BCUT2D eigenvalue weighted by Gasteiger charge is -2.07. The molecule has 0 saturated carbocycles. The number of ether oxygens (including phenoxy) is 1. The van der Waals surface area contributed by atoms with Crippen molar-refractivity contribution in [3.05, 3.63) is 29.3 Å². The molecule has 2 rings (SSSR count). The van der Waals surface area contributed by atoms with Crippen LogP contribution in [0.3, 0.4) is 0 Å². The van der Waals surface area contributed by atoms with Crippen molar-refractivity contribution >= 4 is 26.5 Å². The summed E-state index contributed by atoms with van der Waals surface area (Å²) in [6.45, 7) is 2.56. The van der Waals surface area contributed by atoms with E-state index in [4.69, 9.17) is 10.5 Å². The van der Waals surface area contributed by atoms with Gasteiger partial charge < -0.3 is 10.5 Å². The lowest BCUT2D eigenvalue weighted by molar-refractivity contribution is 0.304. The molecule has 0 spiro atoms. The van der Waals surface area contributed by atoms with E-state index in [1.807, 2.05) is 6.92 Å². The fourth-order valence-corrected chi connectivity index (χ4v) is 3.16. The van der Waals surface area contributed by atoms with E-state index < -0.39 is 10.0 Å². The first-order valence-electron chi connectivity index (χ1n) is 6.31. The zero-order chi connectivity index (χ0) is 15.3. The van der Waals surface area contributed by atoms with E-state index in [-0.39, 0.29) is 11.5 Å². The number of rotatable bonds is 7. The second-order valence-corrected chi connectivity index (χ2v) is 7.05. The number of hydrogen-bond acceptors (Lipinski definition) is 7. The predicted octanol–water partition coefficient (Wildman–Crippen LogP) is 1.39. The molecular formula is C12H16N4O3S2. The topological polar surface area (TPSA) is 107 Å². The minimum Gasteiger partial charge on any atom is -0.486 e. The molecule has 0 saturated heterocycles. The fourth-order valence-electron chi connectivity index (χ4n) is 1.50. The van der Waals surface area contributed by atoms with Crippen molar-refractivity contribution in [1.29, 1.82) is 0 Å². The van der Waals surface area contributed by atoms with Crippen molar-refractivity contribution in [3.63, 3.8) is 0 Å². The molecule has 0 amide bonds. The number of sulfonamides is 1. The van der Waals surface area contributed by atoms with E-state index in [0.29, 0.717) is 22.4 Å². The summed E-state index contributed by atoms with van der Waals surface area (Å²) in [4.78, 5) is 0.212. The zero-order valence-corrected chi connectivity index (χ0v) is 13.1. The average Bonchev–Trinajstić information content (AvgIpc) is 2.89. The third-order valence-corrected chi connectivity index (χ3v) is 4.72. The Labute approximate surface area is 127 Å². The summed E-state index contributed by atoms with van der Waals surface area (Å²) in [5.41, 5.74) is 5.47. The van der Waals surface area contributed by atoms with E-state index >= 15 is 0 Å². The smallest absolute Gasteiger partial charge is 0.240 e. The van der Waals surface area contributed by atoms with Gasteiger partial charge in [0.05, 0.1) is 4.90 Å². The molecule has 9 heteroatoms.